The van der Waals surface area contributed by atoms with Crippen LogP contribution in [0.25, 0.3) is 5.57 Å². The second-order valence-electron chi connectivity index (χ2n) is 3.49. The summed E-state index contributed by atoms with van der Waals surface area (Å²) in [6.07, 6.45) is 0. The molecule has 0 atom stereocenters. The Morgan fingerprint density at radius 2 is 1.73 bits per heavy atom. The molecule has 0 saturated carbocycles. The van der Waals surface area contributed by atoms with Gasteiger partial charge in [-0.25, -0.2) is 0 Å². The molecule has 0 saturated heterocycles. The van der Waals surface area contributed by atoms with Crippen molar-refractivity contribution in [2.24, 2.45) is 10.2 Å². The zero-order valence-corrected chi connectivity index (χ0v) is 8.60. The smallest absolute Gasteiger partial charge is 0.182 e. The van der Waals surface area contributed by atoms with Crippen LogP contribution in [0.3, 0.4) is 0 Å². The van der Waals surface area contributed by atoms with Gasteiger partial charge in [-0.05, 0) is 23.6 Å². The van der Waals surface area contributed by atoms with Crippen molar-refractivity contribution in [3.63, 3.8) is 0 Å². The molecule has 0 aromatic heterocycles. The number of benzene rings is 1. The first-order valence-corrected chi connectivity index (χ1v) is 4.90. The van der Waals surface area contributed by atoms with Crippen LogP contribution in [0, 0.1) is 0 Å². The average molecular weight is 200 g/mol. The predicted octanol–water partition coefficient (Wildman–Crippen LogP) is 2.50. The molecule has 3 nitrogen and oxygen atoms in total. The summed E-state index contributed by atoms with van der Waals surface area (Å²) < 4.78 is 0. The minimum atomic E-state index is 0.0649. The van der Waals surface area contributed by atoms with Crippen LogP contribution in [0.5, 0.6) is 0 Å². The van der Waals surface area contributed by atoms with Crippen LogP contribution in [0.15, 0.2) is 46.1 Å². The standard InChI is InChI=1S/C12H12N2O/c1-9-11(7-13-14-8-12(9)15)10-5-3-2-4-6-10/h2-6H,7-8H2,1H3. The number of rotatable bonds is 1. The van der Waals surface area contributed by atoms with Gasteiger partial charge in [0.15, 0.2) is 5.78 Å². The van der Waals surface area contributed by atoms with Gasteiger partial charge in [0.25, 0.3) is 0 Å². The van der Waals surface area contributed by atoms with Crippen molar-refractivity contribution in [2.45, 2.75) is 6.92 Å². The largest absolute Gasteiger partial charge is 0.292 e. The summed E-state index contributed by atoms with van der Waals surface area (Å²) >= 11 is 0. The van der Waals surface area contributed by atoms with E-state index >= 15 is 0 Å². The number of carbonyl (C=O) groups is 1. The fraction of sp³-hybridized carbons (Fsp3) is 0.250. The van der Waals surface area contributed by atoms with E-state index in [1.807, 2.05) is 37.3 Å². The lowest BCUT2D eigenvalue weighted by molar-refractivity contribution is -0.114. The van der Waals surface area contributed by atoms with E-state index in [0.29, 0.717) is 6.54 Å². The van der Waals surface area contributed by atoms with Crippen molar-refractivity contribution < 1.29 is 4.79 Å². The maximum atomic E-state index is 11.6. The molecule has 0 N–H and O–H groups in total. The lowest BCUT2D eigenvalue weighted by Crippen LogP contribution is -2.04. The normalized spacial score (nSPS) is 16.7. The van der Waals surface area contributed by atoms with Gasteiger partial charge in [-0.2, -0.15) is 10.2 Å². The van der Waals surface area contributed by atoms with Crippen LogP contribution in [0.2, 0.25) is 0 Å². The monoisotopic (exact) mass is 200 g/mol. The first kappa shape index (κ1) is 9.77. The summed E-state index contributed by atoms with van der Waals surface area (Å²) in [7, 11) is 0. The van der Waals surface area contributed by atoms with Crippen molar-refractivity contribution in [3.05, 3.63) is 41.5 Å². The van der Waals surface area contributed by atoms with E-state index in [1.54, 1.807) is 0 Å². The lowest BCUT2D eigenvalue weighted by Gasteiger charge is -2.06. The van der Waals surface area contributed by atoms with E-state index < -0.39 is 0 Å². The second kappa shape index (κ2) is 4.17. The Labute approximate surface area is 88.5 Å². The van der Waals surface area contributed by atoms with Crippen LogP contribution >= 0.6 is 0 Å². The fourth-order valence-corrected chi connectivity index (χ4v) is 1.59. The number of hydrogen-bond acceptors (Lipinski definition) is 3. The number of ketones is 1. The van der Waals surface area contributed by atoms with Crippen molar-refractivity contribution in [1.29, 1.82) is 0 Å². The first-order chi connectivity index (χ1) is 7.29. The highest BCUT2D eigenvalue weighted by Crippen LogP contribution is 2.21. The van der Waals surface area contributed by atoms with E-state index in [1.165, 1.54) is 0 Å². The molecule has 0 unspecified atom stereocenters. The Kier molecular flexibility index (Phi) is 2.72. The van der Waals surface area contributed by atoms with Crippen LogP contribution in [0.4, 0.5) is 0 Å². The van der Waals surface area contributed by atoms with Crippen molar-refractivity contribution in [3.8, 4) is 0 Å². The molecule has 1 heterocycles. The highest BCUT2D eigenvalue weighted by molar-refractivity contribution is 6.03. The second-order valence-corrected chi connectivity index (χ2v) is 3.49. The van der Waals surface area contributed by atoms with Gasteiger partial charge in [0.2, 0.25) is 0 Å². The zero-order chi connectivity index (χ0) is 10.7. The van der Waals surface area contributed by atoms with Gasteiger partial charge in [-0.15, -0.1) is 0 Å². The van der Waals surface area contributed by atoms with Gasteiger partial charge >= 0.3 is 0 Å². The molecule has 1 aliphatic heterocycles. The molecule has 1 aliphatic rings. The molecule has 0 amide bonds. The zero-order valence-electron chi connectivity index (χ0n) is 8.60. The maximum absolute atomic E-state index is 11.6. The van der Waals surface area contributed by atoms with E-state index in [4.69, 9.17) is 0 Å². The molecular weight excluding hydrogens is 188 g/mol. The molecule has 2 rings (SSSR count). The quantitative estimate of drug-likeness (QED) is 0.686. The molecule has 0 bridgehead atoms. The van der Waals surface area contributed by atoms with Gasteiger partial charge in [0.05, 0.1) is 6.54 Å². The molecule has 3 heteroatoms. The third-order valence-electron chi connectivity index (χ3n) is 2.54. The summed E-state index contributed by atoms with van der Waals surface area (Å²) in [6.45, 7) is 2.53. The number of azo groups is 1. The van der Waals surface area contributed by atoms with Gasteiger partial charge in [0, 0.05) is 0 Å². The van der Waals surface area contributed by atoms with Crippen LogP contribution in [-0.2, 0) is 4.79 Å². The van der Waals surface area contributed by atoms with E-state index in [0.717, 1.165) is 16.7 Å². The van der Waals surface area contributed by atoms with E-state index in [9.17, 15) is 4.79 Å². The molecule has 0 fully saturated rings. The molecule has 0 radical (unpaired) electrons. The fourth-order valence-electron chi connectivity index (χ4n) is 1.59. The summed E-state index contributed by atoms with van der Waals surface area (Å²) in [5, 5.41) is 7.79. The highest BCUT2D eigenvalue weighted by atomic mass is 16.1. The number of Topliss-reactive ketones (excluding diaryl/α,β-unsaturated/α-hetero) is 1. The minimum Gasteiger partial charge on any atom is -0.292 e. The lowest BCUT2D eigenvalue weighted by atomic mass is 9.99. The Morgan fingerprint density at radius 3 is 2.47 bits per heavy atom. The molecule has 0 aliphatic carbocycles. The third kappa shape index (κ3) is 2.01. The third-order valence-corrected chi connectivity index (χ3v) is 2.54. The highest BCUT2D eigenvalue weighted by Gasteiger charge is 2.14. The Hall–Kier alpha value is -1.77. The summed E-state index contributed by atoms with van der Waals surface area (Å²) in [6, 6.07) is 9.86. The molecule has 1 aromatic carbocycles. The number of hydrogen-bond donors (Lipinski definition) is 0. The van der Waals surface area contributed by atoms with E-state index in [2.05, 4.69) is 10.2 Å². The van der Waals surface area contributed by atoms with Crippen molar-refractivity contribution >= 4 is 11.4 Å². The Balaban J connectivity index is 2.46. The molecule has 15 heavy (non-hydrogen) atoms. The van der Waals surface area contributed by atoms with Crippen LogP contribution in [-0.4, -0.2) is 18.9 Å². The minimum absolute atomic E-state index is 0.0649. The number of carbonyl (C=O) groups excluding carboxylic acids is 1. The SMILES string of the molecule is CC1=C(c2ccccc2)CN=NCC1=O. The summed E-state index contributed by atoms with van der Waals surface area (Å²) in [5.74, 6) is 0.0649. The van der Waals surface area contributed by atoms with Crippen molar-refractivity contribution in [1.82, 2.24) is 0 Å². The van der Waals surface area contributed by atoms with E-state index in [-0.39, 0.29) is 12.3 Å². The van der Waals surface area contributed by atoms with Gasteiger partial charge in [-0.1, -0.05) is 30.3 Å². The molecule has 1 aromatic rings. The van der Waals surface area contributed by atoms with Gasteiger partial charge < -0.3 is 0 Å². The molecule has 0 spiro atoms. The van der Waals surface area contributed by atoms with Gasteiger partial charge in [0.1, 0.15) is 6.54 Å². The summed E-state index contributed by atoms with van der Waals surface area (Å²) in [4.78, 5) is 11.6. The van der Waals surface area contributed by atoms with Gasteiger partial charge in [-0.3, -0.25) is 4.79 Å². The van der Waals surface area contributed by atoms with Crippen LogP contribution in [0.1, 0.15) is 12.5 Å². The topological polar surface area (TPSA) is 41.8 Å². The predicted molar refractivity (Wildman–Crippen MR) is 58.6 cm³/mol. The maximum Gasteiger partial charge on any atom is 0.182 e. The summed E-state index contributed by atoms with van der Waals surface area (Å²) in [5.41, 5.74) is 2.83. The average Bonchev–Trinajstić information content (AvgIpc) is 2.44. The van der Waals surface area contributed by atoms with Crippen molar-refractivity contribution in [2.75, 3.05) is 13.1 Å². The molecule has 76 valence electrons. The molecular formula is C12H12N2O. The Morgan fingerprint density at radius 1 is 1.07 bits per heavy atom. The Bertz CT molecular complexity index is 432. The van der Waals surface area contributed by atoms with Crippen LogP contribution < -0.4 is 0 Å². The number of nitrogens with zero attached hydrogens (tertiary/aromatic N) is 2. The first-order valence-electron chi connectivity index (χ1n) is 4.90.